The minimum absolute atomic E-state index is 0. The average Bonchev–Trinajstić information content (AvgIpc) is 1.83. The van der Waals surface area contributed by atoms with Crippen molar-refractivity contribution in [1.29, 1.82) is 0 Å². The van der Waals surface area contributed by atoms with Crippen molar-refractivity contribution in [2.45, 2.75) is 7.59 Å². The molecule has 16 heavy (non-hydrogen) atoms. The summed E-state index contributed by atoms with van der Waals surface area (Å²) in [6, 6.07) is 0. The second-order valence-electron chi connectivity index (χ2n) is 1.61. The van der Waals surface area contributed by atoms with Gasteiger partial charge in [-0.25, -0.2) is 9.59 Å². The number of carboxylic acids is 2. The molecule has 0 radical (unpaired) electrons. The number of halogens is 6. The molecule has 0 fully saturated rings. The Morgan fingerprint density at radius 3 is 0.750 bits per heavy atom. The van der Waals surface area contributed by atoms with Crippen molar-refractivity contribution in [1.82, 2.24) is 0 Å². The average molecular weight is 363 g/mol. The Kier molecular flexibility index (Phi) is 15.3. The molecule has 0 heterocycles. The molecule has 6 nitrogen and oxygen atoms in total. The summed E-state index contributed by atoms with van der Waals surface area (Å²) in [5.74, 6) is -2.92. The normalized spacial score (nSPS) is 9.88. The Morgan fingerprint density at radius 2 is 0.750 bits per heavy atom. The SMILES string of the molecule is O.O.O=C(O)C(Cl)(Cl)Cl.O=C(O)C(Cl)(Cl)Cl. The molecule has 0 aromatic rings. The van der Waals surface area contributed by atoms with Gasteiger partial charge in [0.2, 0.25) is 0 Å². The van der Waals surface area contributed by atoms with Crippen LogP contribution < -0.4 is 0 Å². The van der Waals surface area contributed by atoms with Crippen LogP contribution in [0.3, 0.4) is 0 Å². The van der Waals surface area contributed by atoms with Crippen LogP contribution in [0.25, 0.3) is 0 Å². The van der Waals surface area contributed by atoms with E-state index in [2.05, 4.69) is 0 Å². The van der Waals surface area contributed by atoms with Gasteiger partial charge in [-0.3, -0.25) is 0 Å². The summed E-state index contributed by atoms with van der Waals surface area (Å²) in [6.07, 6.45) is 0. The first kappa shape index (κ1) is 25.4. The third kappa shape index (κ3) is 17.0. The summed E-state index contributed by atoms with van der Waals surface area (Å²) >= 11 is 28.8. The largest absolute Gasteiger partial charge is 0.478 e. The van der Waals surface area contributed by atoms with Crippen LogP contribution in [0.1, 0.15) is 0 Å². The standard InChI is InChI=1S/2C2HCl3O2.2H2O/c2*3-2(4,5)1(6)7;;/h2*(H,6,7);2*1H2. The van der Waals surface area contributed by atoms with Crippen LogP contribution in [0, 0.1) is 0 Å². The zero-order valence-corrected chi connectivity index (χ0v) is 11.5. The van der Waals surface area contributed by atoms with Gasteiger partial charge in [0.15, 0.2) is 0 Å². The van der Waals surface area contributed by atoms with Gasteiger partial charge >= 0.3 is 11.9 Å². The molecule has 0 rings (SSSR count). The number of aliphatic carboxylic acids is 2. The predicted molar refractivity (Wildman–Crippen MR) is 63.1 cm³/mol. The van der Waals surface area contributed by atoms with Gasteiger partial charge in [-0.1, -0.05) is 69.6 Å². The zero-order valence-electron chi connectivity index (χ0n) is 6.98. The molecule has 0 amide bonds. The van der Waals surface area contributed by atoms with Gasteiger partial charge in [0, 0.05) is 0 Å². The second kappa shape index (κ2) is 9.61. The molecule has 0 bridgehead atoms. The maximum atomic E-state index is 9.62. The summed E-state index contributed by atoms with van der Waals surface area (Å²) in [7, 11) is 0. The Labute approximate surface area is 120 Å². The van der Waals surface area contributed by atoms with Crippen LogP contribution in [0.2, 0.25) is 0 Å². The Bertz CT molecular complexity index is 194. The monoisotopic (exact) mass is 360 g/mol. The summed E-state index contributed by atoms with van der Waals surface area (Å²) < 4.78 is -4.33. The van der Waals surface area contributed by atoms with Crippen molar-refractivity contribution >= 4 is 81.5 Å². The molecule has 0 spiro atoms. The van der Waals surface area contributed by atoms with Crippen LogP contribution in [-0.4, -0.2) is 40.7 Å². The third-order valence-corrected chi connectivity index (χ3v) is 1.46. The van der Waals surface area contributed by atoms with Crippen molar-refractivity contribution in [3.8, 4) is 0 Å². The molecule has 0 saturated carbocycles. The highest BCUT2D eigenvalue weighted by Crippen LogP contribution is 2.25. The fraction of sp³-hybridized carbons (Fsp3) is 0.500. The number of rotatable bonds is 0. The Hall–Kier alpha value is 0.600. The fourth-order valence-electron chi connectivity index (χ4n) is 0. The van der Waals surface area contributed by atoms with E-state index in [-0.39, 0.29) is 11.0 Å². The van der Waals surface area contributed by atoms with Crippen molar-refractivity contribution in [2.24, 2.45) is 0 Å². The van der Waals surface area contributed by atoms with Gasteiger partial charge in [0.25, 0.3) is 7.59 Å². The quantitative estimate of drug-likeness (QED) is 0.626. The second-order valence-corrected chi connectivity index (χ2v) is 6.17. The lowest BCUT2D eigenvalue weighted by atomic mass is 10.8. The molecule has 0 aliphatic carbocycles. The van der Waals surface area contributed by atoms with Gasteiger partial charge < -0.3 is 21.2 Å². The maximum absolute atomic E-state index is 9.62. The van der Waals surface area contributed by atoms with E-state index in [4.69, 9.17) is 79.8 Å². The highest BCUT2D eigenvalue weighted by Gasteiger charge is 2.30. The zero-order chi connectivity index (χ0) is 12.2. The van der Waals surface area contributed by atoms with Crippen LogP contribution in [-0.2, 0) is 9.59 Å². The van der Waals surface area contributed by atoms with E-state index in [0.717, 1.165) is 0 Å². The molecule has 6 N–H and O–H groups in total. The molecule has 0 aromatic heterocycles. The van der Waals surface area contributed by atoms with Crippen LogP contribution in [0.4, 0.5) is 0 Å². The van der Waals surface area contributed by atoms with E-state index in [1.54, 1.807) is 0 Å². The van der Waals surface area contributed by atoms with Crippen LogP contribution in [0.5, 0.6) is 0 Å². The molecule has 0 atom stereocenters. The van der Waals surface area contributed by atoms with Crippen molar-refractivity contribution in [3.05, 3.63) is 0 Å². The first-order valence-electron chi connectivity index (χ1n) is 2.49. The van der Waals surface area contributed by atoms with Crippen LogP contribution in [0.15, 0.2) is 0 Å². The lowest BCUT2D eigenvalue weighted by Crippen LogP contribution is -2.16. The first-order chi connectivity index (χ1) is 5.89. The molecular weight excluding hydrogens is 357 g/mol. The Balaban J connectivity index is -0.0000000800. The number of carboxylic acid groups (broad SMARTS) is 2. The highest BCUT2D eigenvalue weighted by molar-refractivity contribution is 6.76. The van der Waals surface area contributed by atoms with E-state index in [1.165, 1.54) is 0 Å². The molecule has 0 saturated heterocycles. The molecule has 0 aromatic carbocycles. The minimum atomic E-state index is -2.17. The van der Waals surface area contributed by atoms with Gasteiger partial charge in [0.1, 0.15) is 0 Å². The summed E-state index contributed by atoms with van der Waals surface area (Å²) in [4.78, 5) is 19.2. The smallest absolute Gasteiger partial charge is 0.356 e. The van der Waals surface area contributed by atoms with Crippen molar-refractivity contribution in [2.75, 3.05) is 0 Å². The van der Waals surface area contributed by atoms with E-state index in [9.17, 15) is 9.59 Å². The number of hydrogen-bond acceptors (Lipinski definition) is 2. The minimum Gasteiger partial charge on any atom is -0.478 e. The predicted octanol–water partition coefficient (Wildman–Crippen LogP) is 1.23. The van der Waals surface area contributed by atoms with Crippen molar-refractivity contribution < 1.29 is 30.8 Å². The van der Waals surface area contributed by atoms with Gasteiger partial charge in [-0.05, 0) is 0 Å². The van der Waals surface area contributed by atoms with E-state index in [1.807, 2.05) is 0 Å². The molecule has 0 aliphatic rings. The van der Waals surface area contributed by atoms with Crippen molar-refractivity contribution in [3.63, 3.8) is 0 Å². The van der Waals surface area contributed by atoms with E-state index >= 15 is 0 Å². The lowest BCUT2D eigenvalue weighted by molar-refractivity contribution is -0.136. The molecule has 0 unspecified atom stereocenters. The number of hydrogen-bond donors (Lipinski definition) is 2. The fourth-order valence-corrected chi connectivity index (χ4v) is 0. The molecule has 0 aliphatic heterocycles. The summed E-state index contributed by atoms with van der Waals surface area (Å²) in [6.45, 7) is 0. The topological polar surface area (TPSA) is 138 Å². The number of alkyl halides is 6. The van der Waals surface area contributed by atoms with E-state index < -0.39 is 19.5 Å². The van der Waals surface area contributed by atoms with E-state index in [0.29, 0.717) is 0 Å². The Morgan fingerprint density at radius 1 is 0.688 bits per heavy atom. The summed E-state index contributed by atoms with van der Waals surface area (Å²) in [5.41, 5.74) is 0. The van der Waals surface area contributed by atoms with Crippen LogP contribution >= 0.6 is 69.6 Å². The first-order valence-corrected chi connectivity index (χ1v) is 4.76. The maximum Gasteiger partial charge on any atom is 0.356 e. The van der Waals surface area contributed by atoms with Gasteiger partial charge in [-0.2, -0.15) is 0 Å². The van der Waals surface area contributed by atoms with Gasteiger partial charge in [-0.15, -0.1) is 0 Å². The summed E-state index contributed by atoms with van der Waals surface area (Å²) in [5, 5.41) is 15.7. The third-order valence-electron chi connectivity index (χ3n) is 0.485. The molecule has 12 heteroatoms. The molecule has 100 valence electrons. The number of carbonyl (C=O) groups is 2. The highest BCUT2D eigenvalue weighted by atomic mass is 35.6. The molecular formula is C4H6Cl6O6. The van der Waals surface area contributed by atoms with Gasteiger partial charge in [0.05, 0.1) is 0 Å². The lowest BCUT2D eigenvalue weighted by Gasteiger charge is -1.99.